The van der Waals surface area contributed by atoms with E-state index in [4.69, 9.17) is 5.73 Å². The van der Waals surface area contributed by atoms with Gasteiger partial charge in [0.15, 0.2) is 0 Å². The maximum Gasteiger partial charge on any atom is 0.0345 e. The number of nitrogens with zero attached hydrogens (tertiary/aromatic N) is 2. The molecule has 4 heteroatoms. The first-order valence-corrected chi connectivity index (χ1v) is 8.24. The van der Waals surface area contributed by atoms with Crippen molar-refractivity contribution < 1.29 is 0 Å². The lowest BCUT2D eigenvalue weighted by Gasteiger charge is -2.40. The van der Waals surface area contributed by atoms with E-state index >= 15 is 0 Å². The summed E-state index contributed by atoms with van der Waals surface area (Å²) in [6.07, 6.45) is 3.68. The van der Waals surface area contributed by atoms with Crippen LogP contribution in [0.25, 0.3) is 0 Å². The molecule has 0 bridgehead atoms. The minimum Gasteiger partial charge on any atom is -0.329 e. The van der Waals surface area contributed by atoms with Crippen LogP contribution in [0.15, 0.2) is 17.5 Å². The molecule has 19 heavy (non-hydrogen) atoms. The van der Waals surface area contributed by atoms with Gasteiger partial charge in [0.25, 0.3) is 0 Å². The van der Waals surface area contributed by atoms with E-state index in [9.17, 15) is 0 Å². The molecule has 0 saturated carbocycles. The lowest BCUT2D eigenvalue weighted by molar-refractivity contribution is 0.101. The van der Waals surface area contributed by atoms with Gasteiger partial charge in [-0.3, -0.25) is 4.90 Å². The van der Waals surface area contributed by atoms with E-state index in [1.807, 2.05) is 11.3 Å². The molecule has 1 fully saturated rings. The normalized spacial score (nSPS) is 25.7. The highest BCUT2D eigenvalue weighted by atomic mass is 32.1. The molecule has 1 unspecified atom stereocenters. The third kappa shape index (κ3) is 3.57. The Morgan fingerprint density at radius 3 is 2.89 bits per heavy atom. The van der Waals surface area contributed by atoms with Crippen LogP contribution in [0.3, 0.4) is 0 Å². The fourth-order valence-corrected chi connectivity index (χ4v) is 3.85. The largest absolute Gasteiger partial charge is 0.329 e. The fraction of sp³-hybridized carbons (Fsp3) is 0.733. The first-order chi connectivity index (χ1) is 9.20. The Bertz CT molecular complexity index is 365. The lowest BCUT2D eigenvalue weighted by Crippen LogP contribution is -2.52. The summed E-state index contributed by atoms with van der Waals surface area (Å²) >= 11 is 1.84. The summed E-state index contributed by atoms with van der Waals surface area (Å²) in [6, 6.07) is 4.36. The van der Waals surface area contributed by atoms with Crippen LogP contribution in [-0.2, 0) is 6.54 Å². The number of likely N-dealkylation sites (tertiary alicyclic amines) is 1. The summed E-state index contributed by atoms with van der Waals surface area (Å²) in [6.45, 7) is 7.63. The van der Waals surface area contributed by atoms with Crippen LogP contribution < -0.4 is 5.73 Å². The Morgan fingerprint density at radius 1 is 1.42 bits per heavy atom. The first kappa shape index (κ1) is 15.0. The number of hydrogen-bond donors (Lipinski definition) is 1. The monoisotopic (exact) mass is 281 g/mol. The number of nitrogens with two attached hydrogens (primary N) is 1. The average Bonchev–Trinajstić information content (AvgIpc) is 2.83. The second-order valence-corrected chi connectivity index (χ2v) is 6.68. The van der Waals surface area contributed by atoms with Gasteiger partial charge in [0, 0.05) is 23.5 Å². The Labute approximate surface area is 121 Å². The molecule has 1 aromatic rings. The molecule has 3 nitrogen and oxygen atoms in total. The van der Waals surface area contributed by atoms with Crippen LogP contribution >= 0.6 is 11.3 Å². The summed E-state index contributed by atoms with van der Waals surface area (Å²) in [4.78, 5) is 6.49. The van der Waals surface area contributed by atoms with Crippen molar-refractivity contribution in [2.45, 2.75) is 38.3 Å². The molecule has 2 heterocycles. The van der Waals surface area contributed by atoms with E-state index in [-0.39, 0.29) is 5.54 Å². The van der Waals surface area contributed by atoms with Crippen LogP contribution in [0.1, 0.15) is 31.1 Å². The molecule has 1 aliphatic rings. The van der Waals surface area contributed by atoms with Crippen LogP contribution in [0.5, 0.6) is 0 Å². The number of rotatable bonds is 5. The zero-order valence-electron chi connectivity index (χ0n) is 12.3. The average molecular weight is 281 g/mol. The third-order valence-electron chi connectivity index (χ3n) is 4.62. The zero-order chi connectivity index (χ0) is 13.7. The first-order valence-electron chi connectivity index (χ1n) is 7.36. The molecule has 0 amide bonds. The SMILES string of the molecule is CCN1CCCC(CN)(N(C)Cc2cccs2)CC1. The van der Waals surface area contributed by atoms with Gasteiger partial charge in [0.05, 0.1) is 0 Å². The van der Waals surface area contributed by atoms with Gasteiger partial charge in [-0.1, -0.05) is 13.0 Å². The molecule has 1 saturated heterocycles. The molecule has 1 aliphatic heterocycles. The molecule has 0 radical (unpaired) electrons. The smallest absolute Gasteiger partial charge is 0.0345 e. The van der Waals surface area contributed by atoms with Crippen LogP contribution in [0.4, 0.5) is 0 Å². The van der Waals surface area contributed by atoms with E-state index in [0.29, 0.717) is 0 Å². The topological polar surface area (TPSA) is 32.5 Å². The maximum absolute atomic E-state index is 6.17. The summed E-state index contributed by atoms with van der Waals surface area (Å²) < 4.78 is 0. The van der Waals surface area contributed by atoms with Gasteiger partial charge in [0.2, 0.25) is 0 Å². The number of likely N-dealkylation sites (N-methyl/N-ethyl adjacent to an activating group) is 1. The molecule has 2 rings (SSSR count). The van der Waals surface area contributed by atoms with Crippen LogP contribution in [0, 0.1) is 0 Å². The van der Waals surface area contributed by atoms with Crippen molar-refractivity contribution in [3.63, 3.8) is 0 Å². The van der Waals surface area contributed by atoms with E-state index in [0.717, 1.165) is 19.6 Å². The third-order valence-corrected chi connectivity index (χ3v) is 5.48. The summed E-state index contributed by atoms with van der Waals surface area (Å²) in [7, 11) is 2.24. The molecule has 1 aromatic heterocycles. The van der Waals surface area contributed by atoms with E-state index in [2.05, 4.69) is 41.3 Å². The Kier molecular flexibility index (Phi) is 5.39. The molecule has 2 N–H and O–H groups in total. The van der Waals surface area contributed by atoms with Gasteiger partial charge >= 0.3 is 0 Å². The summed E-state index contributed by atoms with van der Waals surface area (Å²) in [5.74, 6) is 0. The fourth-order valence-electron chi connectivity index (χ4n) is 3.10. The predicted molar refractivity (Wildman–Crippen MR) is 83.5 cm³/mol. The quantitative estimate of drug-likeness (QED) is 0.899. The highest BCUT2D eigenvalue weighted by Crippen LogP contribution is 2.29. The lowest BCUT2D eigenvalue weighted by atomic mass is 9.89. The predicted octanol–water partition coefficient (Wildman–Crippen LogP) is 2.38. The molecule has 0 aromatic carbocycles. The van der Waals surface area contributed by atoms with Gasteiger partial charge in [-0.15, -0.1) is 11.3 Å². The molecule has 0 spiro atoms. The van der Waals surface area contributed by atoms with E-state index < -0.39 is 0 Å². The van der Waals surface area contributed by atoms with Crippen molar-refractivity contribution in [1.82, 2.24) is 9.80 Å². The minimum atomic E-state index is 0.188. The maximum atomic E-state index is 6.17. The highest BCUT2D eigenvalue weighted by molar-refractivity contribution is 7.09. The molecular weight excluding hydrogens is 254 g/mol. The zero-order valence-corrected chi connectivity index (χ0v) is 13.1. The molecule has 1 atom stereocenters. The van der Waals surface area contributed by atoms with Crippen molar-refractivity contribution in [2.75, 3.05) is 33.2 Å². The second-order valence-electron chi connectivity index (χ2n) is 5.65. The Hall–Kier alpha value is -0.420. The molecular formula is C15H27N3S. The van der Waals surface area contributed by atoms with Gasteiger partial charge in [-0.25, -0.2) is 0 Å². The van der Waals surface area contributed by atoms with Crippen LogP contribution in [-0.4, -0.2) is 48.6 Å². The van der Waals surface area contributed by atoms with Crippen molar-refractivity contribution in [3.8, 4) is 0 Å². The van der Waals surface area contributed by atoms with Crippen molar-refractivity contribution >= 4 is 11.3 Å². The van der Waals surface area contributed by atoms with Gasteiger partial charge < -0.3 is 10.6 Å². The van der Waals surface area contributed by atoms with E-state index in [1.54, 1.807) is 0 Å². The molecule has 0 aliphatic carbocycles. The number of thiophene rings is 1. The number of hydrogen-bond acceptors (Lipinski definition) is 4. The Balaban J connectivity index is 2.04. The van der Waals surface area contributed by atoms with Crippen molar-refractivity contribution in [3.05, 3.63) is 22.4 Å². The summed E-state index contributed by atoms with van der Waals surface area (Å²) in [5.41, 5.74) is 6.36. The van der Waals surface area contributed by atoms with Crippen LogP contribution in [0.2, 0.25) is 0 Å². The summed E-state index contributed by atoms with van der Waals surface area (Å²) in [5, 5.41) is 2.16. The highest BCUT2D eigenvalue weighted by Gasteiger charge is 2.34. The van der Waals surface area contributed by atoms with Gasteiger partial charge in [0.1, 0.15) is 0 Å². The van der Waals surface area contributed by atoms with Gasteiger partial charge in [-0.2, -0.15) is 0 Å². The van der Waals surface area contributed by atoms with Crippen molar-refractivity contribution in [2.24, 2.45) is 5.73 Å². The standard InChI is InChI=1S/C15H27N3S/c1-3-18-9-5-7-15(13-16,8-10-18)17(2)12-14-6-4-11-19-14/h4,6,11H,3,5,7-10,12-13,16H2,1-2H3. The van der Waals surface area contributed by atoms with Crippen molar-refractivity contribution in [1.29, 1.82) is 0 Å². The van der Waals surface area contributed by atoms with Gasteiger partial charge in [-0.05, 0) is 57.4 Å². The molecule has 108 valence electrons. The minimum absolute atomic E-state index is 0.188. The Morgan fingerprint density at radius 2 is 2.26 bits per heavy atom. The van der Waals surface area contributed by atoms with E-state index in [1.165, 1.54) is 37.2 Å². The second kappa shape index (κ2) is 6.84.